The Labute approximate surface area is 315 Å². The lowest BCUT2D eigenvalue weighted by Gasteiger charge is -2.19. The number of rotatable bonds is 35. The van der Waals surface area contributed by atoms with E-state index in [1.165, 1.54) is 27.2 Å². The normalized spacial score (nSPS) is 12.3. The predicted octanol–water partition coefficient (Wildman–Crippen LogP) is 3.68. The molecule has 14 heteroatoms. The topological polar surface area (TPSA) is 131 Å². The molecular weight excluding hydrogens is 690 g/mol. The van der Waals surface area contributed by atoms with Gasteiger partial charge in [-0.15, -0.1) is 0 Å². The van der Waals surface area contributed by atoms with Gasteiger partial charge in [0.2, 0.25) is 0 Å². The molecule has 1 amide bonds. The molecule has 0 aliphatic heterocycles. The third-order valence-electron chi connectivity index (χ3n) is 8.00. The number of hydrogen-bond donors (Lipinski definition) is 0. The van der Waals surface area contributed by atoms with Gasteiger partial charge in [-0.1, -0.05) is 48.5 Å². The summed E-state index contributed by atoms with van der Waals surface area (Å²) in [5.74, 6) is 0.0390. The Balaban J connectivity index is 0.980. The molecule has 0 bridgehead atoms. The highest BCUT2D eigenvalue weighted by Crippen LogP contribution is 2.44. The standard InChI is InChI=1S/C39H61NO13/c1-40(39(41)53-33-38-36-9-5-3-7-34(36)35-8-4-6-10-37(35)38)11-12-43-15-16-45-19-20-47-23-24-49-27-28-51-31-32-52-30-29-50-26-25-48-22-21-46-18-17-44-14-13-42-2/h3-10,38H,11-33H2,1-2H3. The lowest BCUT2D eigenvalue weighted by atomic mass is 9.98. The van der Waals surface area contributed by atoms with Crippen molar-refractivity contribution in [3.8, 4) is 11.1 Å². The zero-order chi connectivity index (χ0) is 37.4. The van der Waals surface area contributed by atoms with E-state index in [1.54, 1.807) is 14.2 Å². The van der Waals surface area contributed by atoms with E-state index in [0.717, 1.165) is 0 Å². The number of hydrogen-bond acceptors (Lipinski definition) is 13. The second-order valence-electron chi connectivity index (χ2n) is 11.8. The number of amides is 1. The first kappa shape index (κ1) is 44.7. The minimum atomic E-state index is -0.364. The molecule has 0 saturated heterocycles. The number of likely N-dealkylation sites (N-methyl/N-ethyl adjacent to an activating group) is 1. The van der Waals surface area contributed by atoms with Crippen LogP contribution in [0.3, 0.4) is 0 Å². The molecule has 1 aliphatic rings. The van der Waals surface area contributed by atoms with Crippen LogP contribution in [0.1, 0.15) is 17.0 Å². The minimum Gasteiger partial charge on any atom is -0.448 e. The maximum absolute atomic E-state index is 12.6. The molecule has 1 aliphatic carbocycles. The van der Waals surface area contributed by atoms with Gasteiger partial charge in [0, 0.05) is 26.6 Å². The summed E-state index contributed by atoms with van der Waals surface area (Å²) in [4.78, 5) is 14.1. The Hall–Kier alpha value is -2.73. The van der Waals surface area contributed by atoms with Gasteiger partial charge < -0.3 is 61.7 Å². The van der Waals surface area contributed by atoms with E-state index in [1.807, 2.05) is 24.3 Å². The molecule has 0 atom stereocenters. The van der Waals surface area contributed by atoms with Gasteiger partial charge in [-0.05, 0) is 22.3 Å². The summed E-state index contributed by atoms with van der Waals surface area (Å²) in [5.41, 5.74) is 4.80. The van der Waals surface area contributed by atoms with Gasteiger partial charge in [-0.25, -0.2) is 4.79 Å². The number of carbonyl (C=O) groups is 1. The molecular formula is C39H61NO13. The zero-order valence-electron chi connectivity index (χ0n) is 31.7. The number of fused-ring (bicyclic) bond motifs is 3. The van der Waals surface area contributed by atoms with Crippen molar-refractivity contribution in [3.05, 3.63) is 59.7 Å². The predicted molar refractivity (Wildman–Crippen MR) is 198 cm³/mol. The monoisotopic (exact) mass is 751 g/mol. The van der Waals surface area contributed by atoms with Crippen LogP contribution >= 0.6 is 0 Å². The van der Waals surface area contributed by atoms with Crippen LogP contribution in [0.4, 0.5) is 4.79 Å². The van der Waals surface area contributed by atoms with Crippen LogP contribution in [0.25, 0.3) is 11.1 Å². The Kier molecular flexibility index (Phi) is 25.8. The van der Waals surface area contributed by atoms with E-state index in [4.69, 9.17) is 56.8 Å². The van der Waals surface area contributed by atoms with E-state index in [9.17, 15) is 4.79 Å². The molecule has 53 heavy (non-hydrogen) atoms. The number of methoxy groups -OCH3 is 1. The van der Waals surface area contributed by atoms with E-state index >= 15 is 0 Å². The van der Waals surface area contributed by atoms with Crippen LogP contribution in [0.15, 0.2) is 48.5 Å². The SMILES string of the molecule is COCCOCCOCCOCCOCCOCCOCCOCCOCCOCCOCCN(C)C(=O)OCC1c2ccccc2-c2ccccc21. The van der Waals surface area contributed by atoms with Gasteiger partial charge in [0.25, 0.3) is 0 Å². The van der Waals surface area contributed by atoms with E-state index < -0.39 is 0 Å². The van der Waals surface area contributed by atoms with Crippen molar-refractivity contribution in [2.24, 2.45) is 0 Å². The van der Waals surface area contributed by atoms with Gasteiger partial charge >= 0.3 is 6.09 Å². The average Bonchev–Trinajstić information content (AvgIpc) is 3.50. The fourth-order valence-corrected chi connectivity index (χ4v) is 5.22. The van der Waals surface area contributed by atoms with Crippen molar-refractivity contribution in [1.29, 1.82) is 0 Å². The summed E-state index contributed by atoms with van der Waals surface area (Å²) in [5, 5.41) is 0. The van der Waals surface area contributed by atoms with Crippen molar-refractivity contribution in [2.45, 2.75) is 5.92 Å². The molecule has 300 valence electrons. The third kappa shape index (κ3) is 20.0. The van der Waals surface area contributed by atoms with Gasteiger partial charge in [0.05, 0.1) is 139 Å². The molecule has 2 aromatic carbocycles. The number of ether oxygens (including phenoxy) is 12. The highest BCUT2D eigenvalue weighted by Gasteiger charge is 2.29. The van der Waals surface area contributed by atoms with Crippen LogP contribution in [0.2, 0.25) is 0 Å². The summed E-state index contributed by atoms with van der Waals surface area (Å²) in [7, 11) is 3.36. The first-order valence-corrected chi connectivity index (χ1v) is 18.5. The van der Waals surface area contributed by atoms with Crippen molar-refractivity contribution < 1.29 is 61.6 Å². The first-order valence-electron chi connectivity index (χ1n) is 18.5. The number of carbonyl (C=O) groups excluding carboxylic acids is 1. The number of benzene rings is 2. The van der Waals surface area contributed by atoms with Gasteiger partial charge in [-0.3, -0.25) is 0 Å². The minimum absolute atomic E-state index is 0.0390. The Morgan fingerprint density at radius 2 is 0.774 bits per heavy atom. The highest BCUT2D eigenvalue weighted by atomic mass is 16.6. The molecule has 0 heterocycles. The summed E-state index contributed by atoms with van der Waals surface area (Å²) in [6.45, 7) is 11.2. The summed E-state index contributed by atoms with van der Waals surface area (Å²) >= 11 is 0. The smallest absolute Gasteiger partial charge is 0.409 e. The van der Waals surface area contributed by atoms with E-state index in [0.29, 0.717) is 152 Å². The highest BCUT2D eigenvalue weighted by molar-refractivity contribution is 5.79. The zero-order valence-corrected chi connectivity index (χ0v) is 31.7. The van der Waals surface area contributed by atoms with Crippen LogP contribution < -0.4 is 0 Å². The van der Waals surface area contributed by atoms with E-state index in [-0.39, 0.29) is 12.0 Å². The second kappa shape index (κ2) is 30.6. The van der Waals surface area contributed by atoms with Gasteiger partial charge in [0.15, 0.2) is 0 Å². The Bertz CT molecular complexity index is 1140. The molecule has 0 N–H and O–H groups in total. The van der Waals surface area contributed by atoms with Crippen molar-refractivity contribution in [1.82, 2.24) is 4.90 Å². The molecule has 14 nitrogen and oxygen atoms in total. The van der Waals surface area contributed by atoms with Crippen LogP contribution in [0, 0.1) is 0 Å². The third-order valence-corrected chi connectivity index (χ3v) is 8.00. The molecule has 0 saturated carbocycles. The van der Waals surface area contributed by atoms with Crippen molar-refractivity contribution in [2.75, 3.05) is 166 Å². The summed E-state index contributed by atoms with van der Waals surface area (Å²) in [6, 6.07) is 16.6. The van der Waals surface area contributed by atoms with E-state index in [2.05, 4.69) is 24.3 Å². The molecule has 0 fully saturated rings. The fraction of sp³-hybridized carbons (Fsp3) is 0.667. The molecule has 3 rings (SSSR count). The quantitative estimate of drug-likeness (QED) is 0.0951. The Morgan fingerprint density at radius 3 is 1.11 bits per heavy atom. The molecule has 0 spiro atoms. The molecule has 0 unspecified atom stereocenters. The summed E-state index contributed by atoms with van der Waals surface area (Å²) in [6.07, 6.45) is -0.364. The van der Waals surface area contributed by atoms with Crippen LogP contribution in [0.5, 0.6) is 0 Å². The molecule has 2 aromatic rings. The molecule has 0 radical (unpaired) electrons. The van der Waals surface area contributed by atoms with Crippen LogP contribution in [-0.2, 0) is 56.8 Å². The lowest BCUT2D eigenvalue weighted by molar-refractivity contribution is -0.0272. The number of nitrogens with zero attached hydrogens (tertiary/aromatic N) is 1. The lowest BCUT2D eigenvalue weighted by Crippen LogP contribution is -2.32. The van der Waals surface area contributed by atoms with Crippen molar-refractivity contribution >= 4 is 6.09 Å². The Morgan fingerprint density at radius 1 is 0.472 bits per heavy atom. The van der Waals surface area contributed by atoms with Crippen molar-refractivity contribution in [3.63, 3.8) is 0 Å². The van der Waals surface area contributed by atoms with Gasteiger partial charge in [0.1, 0.15) is 6.61 Å². The first-order chi connectivity index (χ1) is 26.2. The maximum Gasteiger partial charge on any atom is 0.409 e. The molecule has 0 aromatic heterocycles. The largest absolute Gasteiger partial charge is 0.448 e. The second-order valence-corrected chi connectivity index (χ2v) is 11.8. The average molecular weight is 752 g/mol. The fourth-order valence-electron chi connectivity index (χ4n) is 5.22. The maximum atomic E-state index is 12.6. The summed E-state index contributed by atoms with van der Waals surface area (Å²) < 4.78 is 65.4. The van der Waals surface area contributed by atoms with Crippen LogP contribution in [-0.4, -0.2) is 177 Å². The van der Waals surface area contributed by atoms with Gasteiger partial charge in [-0.2, -0.15) is 0 Å².